The lowest BCUT2D eigenvalue weighted by atomic mass is 9.78. The SMILES string of the molecule is Clc1ccc(C2=NN3C(C2)c2ccccc2OC32CCC(c3ccccc3)CC2)c(Cl)c1. The molecule has 3 nitrogen and oxygen atoms in total. The molecule has 32 heavy (non-hydrogen) atoms. The van der Waals surface area contributed by atoms with Crippen LogP contribution in [0.15, 0.2) is 77.9 Å². The summed E-state index contributed by atoms with van der Waals surface area (Å²) in [7, 11) is 0. The maximum absolute atomic E-state index is 6.76. The Kier molecular flexibility index (Phi) is 4.93. The third-order valence-corrected chi connectivity index (χ3v) is 7.73. The first-order valence-electron chi connectivity index (χ1n) is 11.3. The number of hydrogen-bond donors (Lipinski definition) is 0. The van der Waals surface area contributed by atoms with E-state index in [0.29, 0.717) is 16.0 Å². The fourth-order valence-electron chi connectivity index (χ4n) is 5.57. The molecule has 0 aromatic heterocycles. The van der Waals surface area contributed by atoms with Crippen LogP contribution in [0.25, 0.3) is 0 Å². The Labute approximate surface area is 198 Å². The minimum atomic E-state index is -0.412. The normalized spacial score (nSPS) is 26.3. The largest absolute Gasteiger partial charge is 0.466 e. The second-order valence-electron chi connectivity index (χ2n) is 9.01. The molecule has 162 valence electrons. The van der Waals surface area contributed by atoms with Crippen LogP contribution in [0, 0.1) is 0 Å². The molecule has 1 unspecified atom stereocenters. The molecular formula is C27H24Cl2N2O. The van der Waals surface area contributed by atoms with E-state index < -0.39 is 5.72 Å². The van der Waals surface area contributed by atoms with E-state index in [1.165, 1.54) is 11.1 Å². The minimum Gasteiger partial charge on any atom is -0.466 e. The van der Waals surface area contributed by atoms with Gasteiger partial charge in [-0.25, -0.2) is 5.01 Å². The monoisotopic (exact) mass is 462 g/mol. The highest BCUT2D eigenvalue weighted by molar-refractivity contribution is 6.37. The predicted octanol–water partition coefficient (Wildman–Crippen LogP) is 7.59. The molecule has 3 aromatic rings. The Hall–Kier alpha value is -2.49. The van der Waals surface area contributed by atoms with Crippen LogP contribution in [0.3, 0.4) is 0 Å². The summed E-state index contributed by atoms with van der Waals surface area (Å²) >= 11 is 12.7. The number of hydrogen-bond acceptors (Lipinski definition) is 3. The molecule has 1 spiro atoms. The lowest BCUT2D eigenvalue weighted by Crippen LogP contribution is -2.55. The second kappa shape index (κ2) is 7.83. The standard InChI is InChI=1S/C27H24Cl2N2O/c28-20-10-11-21(23(29)16-20)24-17-25-22-8-4-5-9-26(22)32-27(31(25)30-24)14-12-19(13-15-27)18-6-2-1-3-7-18/h1-11,16,19,25H,12-15,17H2. The number of hydrazone groups is 1. The number of fused-ring (bicyclic) bond motifs is 4. The Morgan fingerprint density at radius 2 is 1.66 bits per heavy atom. The van der Waals surface area contributed by atoms with Gasteiger partial charge in [0.2, 0.25) is 0 Å². The number of rotatable bonds is 2. The highest BCUT2D eigenvalue weighted by Gasteiger charge is 2.52. The zero-order valence-corrected chi connectivity index (χ0v) is 19.2. The van der Waals surface area contributed by atoms with Crippen molar-refractivity contribution < 1.29 is 4.74 Å². The summed E-state index contributed by atoms with van der Waals surface area (Å²) < 4.78 is 6.76. The van der Waals surface area contributed by atoms with Gasteiger partial charge >= 0.3 is 0 Å². The first-order chi connectivity index (χ1) is 15.6. The summed E-state index contributed by atoms with van der Waals surface area (Å²) in [6.45, 7) is 0. The number of para-hydroxylation sites is 1. The van der Waals surface area contributed by atoms with Gasteiger partial charge in [0.25, 0.3) is 0 Å². The van der Waals surface area contributed by atoms with Gasteiger partial charge in [-0.2, -0.15) is 5.10 Å². The van der Waals surface area contributed by atoms with Crippen LogP contribution in [0.1, 0.15) is 60.8 Å². The number of benzene rings is 3. The maximum atomic E-state index is 6.76. The van der Waals surface area contributed by atoms with E-state index in [-0.39, 0.29) is 6.04 Å². The van der Waals surface area contributed by atoms with Crippen molar-refractivity contribution >= 4 is 28.9 Å². The molecule has 1 aliphatic carbocycles. The zero-order chi connectivity index (χ0) is 21.7. The molecule has 0 N–H and O–H groups in total. The van der Waals surface area contributed by atoms with Crippen LogP contribution in [-0.4, -0.2) is 16.4 Å². The van der Waals surface area contributed by atoms with Gasteiger partial charge in [-0.1, -0.05) is 77.8 Å². The lowest BCUT2D eigenvalue weighted by molar-refractivity contribution is -0.142. The van der Waals surface area contributed by atoms with Gasteiger partial charge in [-0.3, -0.25) is 0 Å². The van der Waals surface area contributed by atoms with Crippen molar-refractivity contribution in [1.82, 2.24) is 5.01 Å². The van der Waals surface area contributed by atoms with E-state index in [4.69, 9.17) is 33.0 Å². The zero-order valence-electron chi connectivity index (χ0n) is 17.7. The smallest absolute Gasteiger partial charge is 0.198 e. The van der Waals surface area contributed by atoms with Crippen molar-refractivity contribution in [2.45, 2.75) is 49.8 Å². The first-order valence-corrected chi connectivity index (χ1v) is 12.0. The molecule has 1 fully saturated rings. The molecule has 0 radical (unpaired) electrons. The van der Waals surface area contributed by atoms with Crippen LogP contribution in [0.5, 0.6) is 5.75 Å². The van der Waals surface area contributed by atoms with Crippen molar-refractivity contribution in [2.75, 3.05) is 0 Å². The second-order valence-corrected chi connectivity index (χ2v) is 9.85. The van der Waals surface area contributed by atoms with Gasteiger partial charge in [0.1, 0.15) is 5.75 Å². The molecular weight excluding hydrogens is 439 g/mol. The van der Waals surface area contributed by atoms with E-state index in [9.17, 15) is 0 Å². The van der Waals surface area contributed by atoms with Crippen molar-refractivity contribution in [3.8, 4) is 5.75 Å². The van der Waals surface area contributed by atoms with Crippen LogP contribution >= 0.6 is 23.2 Å². The van der Waals surface area contributed by atoms with Crippen molar-refractivity contribution in [2.24, 2.45) is 5.10 Å². The van der Waals surface area contributed by atoms with Gasteiger partial charge < -0.3 is 4.74 Å². The predicted molar refractivity (Wildman–Crippen MR) is 130 cm³/mol. The fraction of sp³-hybridized carbons (Fsp3) is 0.296. The Bertz CT molecular complexity index is 1190. The number of nitrogens with zero attached hydrogens (tertiary/aromatic N) is 2. The van der Waals surface area contributed by atoms with Gasteiger partial charge in [0.15, 0.2) is 5.72 Å². The van der Waals surface area contributed by atoms with Crippen molar-refractivity contribution in [3.63, 3.8) is 0 Å². The van der Waals surface area contributed by atoms with E-state index in [2.05, 4.69) is 59.6 Å². The number of ether oxygens (including phenoxy) is 1. The number of halogens is 2. The van der Waals surface area contributed by atoms with Crippen LogP contribution < -0.4 is 4.74 Å². The fourth-order valence-corrected chi connectivity index (χ4v) is 6.09. The molecule has 5 heteroatoms. The van der Waals surface area contributed by atoms with E-state index >= 15 is 0 Å². The summed E-state index contributed by atoms with van der Waals surface area (Å²) in [5.41, 5.74) is 4.17. The van der Waals surface area contributed by atoms with Crippen molar-refractivity contribution in [1.29, 1.82) is 0 Å². The summed E-state index contributed by atoms with van der Waals surface area (Å²) in [4.78, 5) is 0. The first kappa shape index (κ1) is 20.1. The van der Waals surface area contributed by atoms with Gasteiger partial charge in [0.05, 0.1) is 16.8 Å². The van der Waals surface area contributed by atoms with E-state index in [1.54, 1.807) is 6.07 Å². The Morgan fingerprint density at radius 1 is 0.906 bits per heavy atom. The molecule has 6 rings (SSSR count). The van der Waals surface area contributed by atoms with E-state index in [0.717, 1.165) is 49.1 Å². The van der Waals surface area contributed by atoms with Gasteiger partial charge in [0, 0.05) is 35.4 Å². The molecule has 3 aliphatic rings. The molecule has 3 aromatic carbocycles. The molecule has 1 saturated carbocycles. The molecule has 2 aliphatic heterocycles. The summed E-state index contributed by atoms with van der Waals surface area (Å²) in [6.07, 6.45) is 4.88. The van der Waals surface area contributed by atoms with Crippen molar-refractivity contribution in [3.05, 3.63) is 99.5 Å². The minimum absolute atomic E-state index is 0.162. The maximum Gasteiger partial charge on any atom is 0.198 e. The van der Waals surface area contributed by atoms with Crippen LogP contribution in [-0.2, 0) is 0 Å². The van der Waals surface area contributed by atoms with Gasteiger partial charge in [-0.15, -0.1) is 0 Å². The van der Waals surface area contributed by atoms with E-state index in [1.807, 2.05) is 12.1 Å². The third kappa shape index (κ3) is 3.30. The molecule has 0 saturated heterocycles. The molecule has 0 bridgehead atoms. The third-order valence-electron chi connectivity index (χ3n) is 7.19. The van der Waals surface area contributed by atoms with Crippen LogP contribution in [0.4, 0.5) is 0 Å². The average Bonchev–Trinajstić information content (AvgIpc) is 3.27. The summed E-state index contributed by atoms with van der Waals surface area (Å²) in [5.74, 6) is 1.56. The Balaban J connectivity index is 1.36. The highest BCUT2D eigenvalue weighted by Crippen LogP contribution is 2.53. The molecule has 2 heterocycles. The molecule has 1 atom stereocenters. The van der Waals surface area contributed by atoms with Gasteiger partial charge in [-0.05, 0) is 42.5 Å². The average molecular weight is 463 g/mol. The highest BCUT2D eigenvalue weighted by atomic mass is 35.5. The van der Waals surface area contributed by atoms with Crippen LogP contribution in [0.2, 0.25) is 10.0 Å². The summed E-state index contributed by atoms with van der Waals surface area (Å²) in [5, 5.41) is 8.67. The Morgan fingerprint density at radius 3 is 2.44 bits per heavy atom. The summed E-state index contributed by atoms with van der Waals surface area (Å²) in [6, 6.07) is 25.1. The topological polar surface area (TPSA) is 24.8 Å². The lowest BCUT2D eigenvalue weighted by Gasteiger charge is -2.50. The molecule has 0 amide bonds. The quantitative estimate of drug-likeness (QED) is 0.391.